The van der Waals surface area contributed by atoms with Crippen molar-refractivity contribution < 1.29 is 8.94 Å². The minimum absolute atomic E-state index is 0.00908. The fraction of sp³-hybridized carbons (Fsp3) is 0.571. The van der Waals surface area contributed by atoms with E-state index in [1.807, 2.05) is 12.1 Å². The SMILES string of the molecule is CCCC1(c2nc(-c3ccco3)no2)CCCNC1. The van der Waals surface area contributed by atoms with Gasteiger partial charge in [-0.2, -0.15) is 4.98 Å². The van der Waals surface area contributed by atoms with Gasteiger partial charge in [-0.3, -0.25) is 0 Å². The lowest BCUT2D eigenvalue weighted by molar-refractivity contribution is 0.213. The van der Waals surface area contributed by atoms with Gasteiger partial charge in [0.05, 0.1) is 11.7 Å². The van der Waals surface area contributed by atoms with Crippen molar-refractivity contribution in [2.45, 2.75) is 38.0 Å². The summed E-state index contributed by atoms with van der Waals surface area (Å²) in [7, 11) is 0. The number of furan rings is 1. The molecule has 1 unspecified atom stereocenters. The molecule has 0 bridgehead atoms. The average Bonchev–Trinajstić information content (AvgIpc) is 3.11. The number of aromatic nitrogens is 2. The van der Waals surface area contributed by atoms with Gasteiger partial charge in [-0.1, -0.05) is 18.5 Å². The number of piperidine rings is 1. The molecule has 3 rings (SSSR count). The van der Waals surface area contributed by atoms with Crippen LogP contribution in [-0.2, 0) is 5.41 Å². The highest BCUT2D eigenvalue weighted by Gasteiger charge is 2.38. The summed E-state index contributed by atoms with van der Waals surface area (Å²) in [4.78, 5) is 4.56. The number of nitrogens with zero attached hydrogens (tertiary/aromatic N) is 2. The Kier molecular flexibility index (Phi) is 3.38. The predicted molar refractivity (Wildman–Crippen MR) is 70.7 cm³/mol. The summed E-state index contributed by atoms with van der Waals surface area (Å²) in [6.07, 6.45) is 6.06. The van der Waals surface area contributed by atoms with Crippen molar-refractivity contribution in [3.63, 3.8) is 0 Å². The van der Waals surface area contributed by atoms with Crippen molar-refractivity contribution in [1.29, 1.82) is 0 Å². The number of nitrogens with one attached hydrogen (secondary N) is 1. The monoisotopic (exact) mass is 261 g/mol. The van der Waals surface area contributed by atoms with E-state index in [2.05, 4.69) is 22.4 Å². The summed E-state index contributed by atoms with van der Waals surface area (Å²) in [5, 5.41) is 7.51. The fourth-order valence-electron chi connectivity index (χ4n) is 2.89. The molecule has 0 saturated carbocycles. The molecule has 2 aromatic rings. The zero-order valence-corrected chi connectivity index (χ0v) is 11.2. The first kappa shape index (κ1) is 12.4. The molecule has 1 aliphatic heterocycles. The maximum absolute atomic E-state index is 5.52. The van der Waals surface area contributed by atoms with Gasteiger partial charge in [0.2, 0.25) is 11.7 Å². The molecular weight excluding hydrogens is 242 g/mol. The van der Waals surface area contributed by atoms with Gasteiger partial charge in [0.15, 0.2) is 5.76 Å². The molecule has 5 heteroatoms. The Balaban J connectivity index is 1.90. The topological polar surface area (TPSA) is 64.1 Å². The maximum Gasteiger partial charge on any atom is 0.238 e. The molecule has 5 nitrogen and oxygen atoms in total. The van der Waals surface area contributed by atoms with Gasteiger partial charge in [-0.05, 0) is 37.9 Å². The van der Waals surface area contributed by atoms with E-state index in [4.69, 9.17) is 8.94 Å². The van der Waals surface area contributed by atoms with Crippen LogP contribution < -0.4 is 5.32 Å². The van der Waals surface area contributed by atoms with Gasteiger partial charge in [-0.25, -0.2) is 0 Å². The van der Waals surface area contributed by atoms with Crippen molar-refractivity contribution in [3.05, 3.63) is 24.3 Å². The highest BCUT2D eigenvalue weighted by Crippen LogP contribution is 2.35. The van der Waals surface area contributed by atoms with E-state index in [1.54, 1.807) is 6.26 Å². The first-order valence-corrected chi connectivity index (χ1v) is 6.93. The molecule has 3 heterocycles. The Morgan fingerprint density at radius 2 is 2.42 bits per heavy atom. The van der Waals surface area contributed by atoms with Gasteiger partial charge in [0.1, 0.15) is 0 Å². The number of hydrogen-bond acceptors (Lipinski definition) is 5. The molecule has 1 atom stereocenters. The molecule has 1 N–H and O–H groups in total. The first-order chi connectivity index (χ1) is 9.34. The lowest BCUT2D eigenvalue weighted by atomic mass is 9.77. The summed E-state index contributed by atoms with van der Waals surface area (Å²) < 4.78 is 10.8. The predicted octanol–water partition coefficient (Wildman–Crippen LogP) is 2.75. The van der Waals surface area contributed by atoms with Crippen LogP contribution in [0.3, 0.4) is 0 Å². The van der Waals surface area contributed by atoms with Gasteiger partial charge in [-0.15, -0.1) is 0 Å². The normalized spacial score (nSPS) is 23.6. The summed E-state index contributed by atoms with van der Waals surface area (Å²) in [5.41, 5.74) is -0.00908. The summed E-state index contributed by atoms with van der Waals surface area (Å²) in [6.45, 7) is 4.19. The summed E-state index contributed by atoms with van der Waals surface area (Å²) in [5.74, 6) is 1.94. The summed E-state index contributed by atoms with van der Waals surface area (Å²) >= 11 is 0. The lowest BCUT2D eigenvalue weighted by Crippen LogP contribution is -2.43. The Morgan fingerprint density at radius 3 is 3.11 bits per heavy atom. The highest BCUT2D eigenvalue weighted by atomic mass is 16.5. The Morgan fingerprint density at radius 1 is 1.47 bits per heavy atom. The van der Waals surface area contributed by atoms with Crippen molar-refractivity contribution in [1.82, 2.24) is 15.5 Å². The van der Waals surface area contributed by atoms with Gasteiger partial charge in [0, 0.05) is 6.54 Å². The van der Waals surface area contributed by atoms with Gasteiger partial charge >= 0.3 is 0 Å². The summed E-state index contributed by atoms with van der Waals surface area (Å²) in [6, 6.07) is 3.68. The molecule has 1 saturated heterocycles. The van der Waals surface area contributed by atoms with Crippen LogP contribution in [-0.4, -0.2) is 23.2 Å². The third-order valence-corrected chi connectivity index (χ3v) is 3.82. The molecule has 1 fully saturated rings. The molecule has 0 radical (unpaired) electrons. The largest absolute Gasteiger partial charge is 0.461 e. The quantitative estimate of drug-likeness (QED) is 0.916. The minimum Gasteiger partial charge on any atom is -0.461 e. The van der Waals surface area contributed by atoms with Gasteiger partial charge in [0.25, 0.3) is 0 Å². The van der Waals surface area contributed by atoms with E-state index >= 15 is 0 Å². The van der Waals surface area contributed by atoms with Crippen molar-refractivity contribution in [2.75, 3.05) is 13.1 Å². The second-order valence-electron chi connectivity index (χ2n) is 5.21. The smallest absolute Gasteiger partial charge is 0.238 e. The van der Waals surface area contributed by atoms with Crippen LogP contribution in [0.25, 0.3) is 11.6 Å². The van der Waals surface area contributed by atoms with E-state index in [0.29, 0.717) is 11.6 Å². The highest BCUT2D eigenvalue weighted by molar-refractivity contribution is 5.45. The molecule has 0 aliphatic carbocycles. The van der Waals surface area contributed by atoms with Crippen LogP contribution in [0.2, 0.25) is 0 Å². The molecule has 0 amide bonds. The molecule has 19 heavy (non-hydrogen) atoms. The van der Waals surface area contributed by atoms with E-state index in [9.17, 15) is 0 Å². The van der Waals surface area contributed by atoms with Crippen LogP contribution in [0.4, 0.5) is 0 Å². The average molecular weight is 261 g/mol. The molecular formula is C14H19N3O2. The molecule has 0 aromatic carbocycles. The first-order valence-electron chi connectivity index (χ1n) is 6.93. The molecule has 102 valence electrons. The van der Waals surface area contributed by atoms with E-state index in [0.717, 1.165) is 44.7 Å². The third-order valence-electron chi connectivity index (χ3n) is 3.82. The third kappa shape index (κ3) is 2.30. The Labute approximate surface area is 112 Å². The molecule has 1 aliphatic rings. The van der Waals surface area contributed by atoms with Crippen LogP contribution in [0.15, 0.2) is 27.3 Å². The second kappa shape index (κ2) is 5.17. The fourth-order valence-corrected chi connectivity index (χ4v) is 2.89. The number of hydrogen-bond donors (Lipinski definition) is 1. The standard InChI is InChI=1S/C14H19N3O2/c1-2-6-14(7-4-8-15-10-14)13-16-12(17-19-13)11-5-3-9-18-11/h3,5,9,15H,2,4,6-8,10H2,1H3. The molecule has 2 aromatic heterocycles. The van der Waals surface area contributed by atoms with Crippen LogP contribution in [0.5, 0.6) is 0 Å². The lowest BCUT2D eigenvalue weighted by Gasteiger charge is -2.34. The van der Waals surface area contributed by atoms with Crippen LogP contribution >= 0.6 is 0 Å². The Bertz CT molecular complexity index is 507. The van der Waals surface area contributed by atoms with Crippen molar-refractivity contribution in [3.8, 4) is 11.6 Å². The van der Waals surface area contributed by atoms with Crippen LogP contribution in [0.1, 0.15) is 38.5 Å². The van der Waals surface area contributed by atoms with E-state index < -0.39 is 0 Å². The van der Waals surface area contributed by atoms with Crippen molar-refractivity contribution >= 4 is 0 Å². The van der Waals surface area contributed by atoms with Gasteiger partial charge < -0.3 is 14.3 Å². The maximum atomic E-state index is 5.52. The number of rotatable bonds is 4. The molecule has 0 spiro atoms. The second-order valence-corrected chi connectivity index (χ2v) is 5.21. The van der Waals surface area contributed by atoms with E-state index in [1.165, 1.54) is 0 Å². The van der Waals surface area contributed by atoms with Crippen LogP contribution in [0, 0.1) is 0 Å². The van der Waals surface area contributed by atoms with E-state index in [-0.39, 0.29) is 5.41 Å². The zero-order valence-electron chi connectivity index (χ0n) is 11.2. The minimum atomic E-state index is -0.00908. The Hall–Kier alpha value is -1.62. The van der Waals surface area contributed by atoms with Crippen molar-refractivity contribution in [2.24, 2.45) is 0 Å². The zero-order chi connectivity index (χ0) is 13.1.